The van der Waals surface area contributed by atoms with E-state index in [2.05, 4.69) is 15.2 Å². The van der Waals surface area contributed by atoms with Crippen LogP contribution in [0, 0.1) is 5.82 Å². The Morgan fingerprint density at radius 3 is 2.67 bits per heavy atom. The smallest absolute Gasteiger partial charge is 0.263 e. The third-order valence-electron chi connectivity index (χ3n) is 3.87. The Kier molecular flexibility index (Phi) is 4.50. The summed E-state index contributed by atoms with van der Waals surface area (Å²) >= 11 is 0. The Balaban J connectivity index is 1.55. The second kappa shape index (κ2) is 6.73. The van der Waals surface area contributed by atoms with Crippen LogP contribution < -0.4 is 15.4 Å². The summed E-state index contributed by atoms with van der Waals surface area (Å²) in [7, 11) is 0. The number of hydrogen-bond donors (Lipinski definition) is 2. The second-order valence-electron chi connectivity index (χ2n) is 5.52. The molecule has 1 amide bonds. The molecule has 1 atom stereocenters. The highest BCUT2D eigenvalue weighted by atomic mass is 19.1. The third-order valence-corrected chi connectivity index (χ3v) is 3.87. The number of hydrogen-bond acceptors (Lipinski definition) is 6. The SMILES string of the molecule is CC(Oc1ccccc1F)C(=O)N1CCN(c2nc(N)n[nH]2)CC1. The fourth-order valence-electron chi connectivity index (χ4n) is 2.58. The van der Waals surface area contributed by atoms with Gasteiger partial charge in [0.15, 0.2) is 17.7 Å². The lowest BCUT2D eigenvalue weighted by atomic mass is 10.2. The molecule has 0 radical (unpaired) electrons. The van der Waals surface area contributed by atoms with Crippen LogP contribution in [-0.4, -0.2) is 58.3 Å². The third kappa shape index (κ3) is 3.39. The number of ether oxygens (including phenoxy) is 1. The lowest BCUT2D eigenvalue weighted by molar-refractivity contribution is -0.138. The summed E-state index contributed by atoms with van der Waals surface area (Å²) in [6, 6.07) is 6.04. The second-order valence-corrected chi connectivity index (χ2v) is 5.52. The van der Waals surface area contributed by atoms with E-state index in [1.807, 2.05) is 4.90 Å². The van der Waals surface area contributed by atoms with E-state index < -0.39 is 11.9 Å². The molecule has 1 aromatic carbocycles. The van der Waals surface area contributed by atoms with Crippen LogP contribution in [0.25, 0.3) is 0 Å². The number of nitrogens with zero attached hydrogens (tertiary/aromatic N) is 4. The minimum atomic E-state index is -0.755. The van der Waals surface area contributed by atoms with Crippen LogP contribution in [0.5, 0.6) is 5.75 Å². The van der Waals surface area contributed by atoms with E-state index in [0.717, 1.165) is 0 Å². The minimum Gasteiger partial charge on any atom is -0.478 e. The van der Waals surface area contributed by atoms with Crippen molar-refractivity contribution in [1.82, 2.24) is 20.1 Å². The van der Waals surface area contributed by atoms with Crippen molar-refractivity contribution >= 4 is 17.8 Å². The van der Waals surface area contributed by atoms with Crippen molar-refractivity contribution in [3.05, 3.63) is 30.1 Å². The molecule has 9 heteroatoms. The van der Waals surface area contributed by atoms with Crippen molar-refractivity contribution in [1.29, 1.82) is 0 Å². The average molecular weight is 334 g/mol. The number of para-hydroxylation sites is 1. The molecule has 1 aromatic heterocycles. The van der Waals surface area contributed by atoms with E-state index in [-0.39, 0.29) is 17.6 Å². The fourth-order valence-corrected chi connectivity index (χ4v) is 2.58. The summed E-state index contributed by atoms with van der Waals surface area (Å²) < 4.78 is 19.1. The first-order valence-electron chi connectivity index (χ1n) is 7.67. The largest absolute Gasteiger partial charge is 0.478 e. The Hall–Kier alpha value is -2.84. The van der Waals surface area contributed by atoms with Crippen molar-refractivity contribution in [2.45, 2.75) is 13.0 Å². The predicted molar refractivity (Wildman–Crippen MR) is 86.1 cm³/mol. The van der Waals surface area contributed by atoms with Crippen LogP contribution >= 0.6 is 0 Å². The van der Waals surface area contributed by atoms with Gasteiger partial charge in [0.2, 0.25) is 11.9 Å². The number of anilines is 2. The van der Waals surface area contributed by atoms with Gasteiger partial charge in [-0.15, -0.1) is 5.10 Å². The number of rotatable bonds is 4. The van der Waals surface area contributed by atoms with E-state index in [4.69, 9.17) is 10.5 Å². The summed E-state index contributed by atoms with van der Waals surface area (Å²) in [4.78, 5) is 20.2. The van der Waals surface area contributed by atoms with Gasteiger partial charge >= 0.3 is 0 Å². The van der Waals surface area contributed by atoms with Crippen LogP contribution in [0.1, 0.15) is 6.92 Å². The molecular formula is C15H19FN6O2. The minimum absolute atomic E-state index is 0.0779. The number of halogens is 1. The zero-order valence-electron chi connectivity index (χ0n) is 13.3. The maximum Gasteiger partial charge on any atom is 0.263 e. The van der Waals surface area contributed by atoms with Crippen LogP contribution in [0.2, 0.25) is 0 Å². The molecule has 0 aliphatic carbocycles. The van der Waals surface area contributed by atoms with Gasteiger partial charge in [-0.05, 0) is 19.1 Å². The standard InChI is InChI=1S/C15H19FN6O2/c1-10(24-12-5-3-2-4-11(12)16)13(23)21-6-8-22(9-7-21)15-18-14(17)19-20-15/h2-5,10H,6-9H2,1H3,(H3,17,18,19,20). The molecule has 2 aromatic rings. The summed E-state index contributed by atoms with van der Waals surface area (Å²) in [6.45, 7) is 3.87. The molecule has 1 saturated heterocycles. The van der Waals surface area contributed by atoms with Gasteiger partial charge in [0, 0.05) is 26.2 Å². The topological polar surface area (TPSA) is 100 Å². The summed E-state index contributed by atoms with van der Waals surface area (Å²) in [6.07, 6.45) is -0.755. The van der Waals surface area contributed by atoms with E-state index in [1.54, 1.807) is 24.0 Å². The zero-order chi connectivity index (χ0) is 17.1. The molecule has 0 bridgehead atoms. The highest BCUT2D eigenvalue weighted by Gasteiger charge is 2.27. The molecule has 2 heterocycles. The number of piperazine rings is 1. The van der Waals surface area contributed by atoms with Crippen LogP contribution in [-0.2, 0) is 4.79 Å². The van der Waals surface area contributed by atoms with Gasteiger partial charge in [0.05, 0.1) is 0 Å². The Morgan fingerprint density at radius 1 is 1.33 bits per heavy atom. The van der Waals surface area contributed by atoms with Gasteiger partial charge in [-0.25, -0.2) is 9.49 Å². The van der Waals surface area contributed by atoms with Gasteiger partial charge in [-0.2, -0.15) is 4.98 Å². The van der Waals surface area contributed by atoms with E-state index in [9.17, 15) is 9.18 Å². The van der Waals surface area contributed by atoms with Gasteiger partial charge < -0.3 is 20.3 Å². The van der Waals surface area contributed by atoms with Crippen molar-refractivity contribution in [3.63, 3.8) is 0 Å². The first-order valence-corrected chi connectivity index (χ1v) is 7.67. The first kappa shape index (κ1) is 16.0. The summed E-state index contributed by atoms with van der Waals surface area (Å²) in [5, 5.41) is 6.54. The highest BCUT2D eigenvalue weighted by molar-refractivity contribution is 5.81. The van der Waals surface area contributed by atoms with Crippen molar-refractivity contribution in [2.75, 3.05) is 36.8 Å². The predicted octanol–water partition coefficient (Wildman–Crippen LogP) is 0.642. The Bertz CT molecular complexity index is 713. The maximum absolute atomic E-state index is 13.6. The van der Waals surface area contributed by atoms with Crippen molar-refractivity contribution in [3.8, 4) is 5.75 Å². The van der Waals surface area contributed by atoms with E-state index in [0.29, 0.717) is 32.1 Å². The van der Waals surface area contributed by atoms with Crippen molar-refractivity contribution < 1.29 is 13.9 Å². The molecule has 3 rings (SSSR count). The average Bonchev–Trinajstić information content (AvgIpc) is 3.03. The van der Waals surface area contributed by atoms with Gasteiger partial charge in [-0.1, -0.05) is 12.1 Å². The number of carbonyl (C=O) groups excluding carboxylic acids is 1. The molecule has 0 saturated carbocycles. The number of nitrogens with one attached hydrogen (secondary N) is 1. The Morgan fingerprint density at radius 2 is 2.04 bits per heavy atom. The summed E-state index contributed by atoms with van der Waals surface area (Å²) in [5.41, 5.74) is 5.49. The molecular weight excluding hydrogens is 315 g/mol. The van der Waals surface area contributed by atoms with Crippen molar-refractivity contribution in [2.24, 2.45) is 0 Å². The number of nitrogen functional groups attached to an aromatic ring is 1. The monoisotopic (exact) mass is 334 g/mol. The first-order chi connectivity index (χ1) is 11.5. The molecule has 128 valence electrons. The zero-order valence-corrected chi connectivity index (χ0v) is 13.3. The lowest BCUT2D eigenvalue weighted by Crippen LogP contribution is -2.52. The molecule has 1 aliphatic rings. The van der Waals surface area contributed by atoms with E-state index in [1.165, 1.54) is 12.1 Å². The number of carbonyl (C=O) groups is 1. The highest BCUT2D eigenvalue weighted by Crippen LogP contribution is 2.18. The molecule has 24 heavy (non-hydrogen) atoms. The number of nitrogens with two attached hydrogens (primary N) is 1. The van der Waals surface area contributed by atoms with Gasteiger partial charge in [0.1, 0.15) is 0 Å². The quantitative estimate of drug-likeness (QED) is 0.851. The number of aromatic nitrogens is 3. The van der Waals surface area contributed by atoms with Crippen LogP contribution in [0.3, 0.4) is 0 Å². The normalized spacial score (nSPS) is 16.1. The number of H-pyrrole nitrogens is 1. The lowest BCUT2D eigenvalue weighted by Gasteiger charge is -2.35. The molecule has 1 aliphatic heterocycles. The molecule has 8 nitrogen and oxygen atoms in total. The number of aromatic amines is 1. The van der Waals surface area contributed by atoms with Crippen LogP contribution in [0.15, 0.2) is 24.3 Å². The van der Waals surface area contributed by atoms with Crippen LogP contribution in [0.4, 0.5) is 16.3 Å². The maximum atomic E-state index is 13.6. The fraction of sp³-hybridized carbons (Fsp3) is 0.400. The molecule has 1 unspecified atom stereocenters. The van der Waals surface area contributed by atoms with Gasteiger partial charge in [-0.3, -0.25) is 4.79 Å². The van der Waals surface area contributed by atoms with Gasteiger partial charge in [0.25, 0.3) is 5.91 Å². The summed E-state index contributed by atoms with van der Waals surface area (Å²) in [5.74, 6) is 0.208. The number of benzene rings is 1. The molecule has 1 fully saturated rings. The Labute approximate surface area is 138 Å². The molecule has 3 N–H and O–H groups in total. The van der Waals surface area contributed by atoms with E-state index >= 15 is 0 Å². The number of amides is 1. The molecule has 0 spiro atoms.